The van der Waals surface area contributed by atoms with Crippen molar-refractivity contribution in [2.24, 2.45) is 5.73 Å². The summed E-state index contributed by atoms with van der Waals surface area (Å²) in [4.78, 5) is 4.89. The molecule has 0 unspecified atom stereocenters. The van der Waals surface area contributed by atoms with Crippen LogP contribution < -0.4 is 5.73 Å². The van der Waals surface area contributed by atoms with Crippen LogP contribution in [0.15, 0.2) is 30.3 Å². The number of benzene rings is 1. The molecule has 1 heterocycles. The molecule has 0 aliphatic heterocycles. The van der Waals surface area contributed by atoms with Gasteiger partial charge in [-0.25, -0.2) is 9.67 Å². The molecule has 22 heavy (non-hydrogen) atoms. The fourth-order valence-corrected chi connectivity index (χ4v) is 3.22. The van der Waals surface area contributed by atoms with Gasteiger partial charge in [0, 0.05) is 24.1 Å². The quantitative estimate of drug-likeness (QED) is 0.915. The molecule has 1 aromatic carbocycles. The van der Waals surface area contributed by atoms with Crippen LogP contribution in [-0.2, 0) is 6.54 Å². The number of hydrogen-bond acceptors (Lipinski definition) is 3. The second-order valence-electron chi connectivity index (χ2n) is 6.35. The number of rotatable bonds is 5. The lowest BCUT2D eigenvalue weighted by Crippen LogP contribution is -2.27. The summed E-state index contributed by atoms with van der Waals surface area (Å²) in [5, 5.41) is 4.79. The van der Waals surface area contributed by atoms with E-state index >= 15 is 0 Å². The molecule has 1 fully saturated rings. The number of unbranched alkanes of at least 4 members (excludes halogenated alkanes) is 1. The monoisotopic (exact) mass is 298 g/mol. The van der Waals surface area contributed by atoms with Crippen molar-refractivity contribution < 1.29 is 0 Å². The number of nitrogens with zero attached hydrogens (tertiary/aromatic N) is 3. The third kappa shape index (κ3) is 3.38. The van der Waals surface area contributed by atoms with Crippen LogP contribution in [-0.4, -0.2) is 20.8 Å². The second kappa shape index (κ2) is 7.05. The third-order valence-electron chi connectivity index (χ3n) is 4.59. The predicted octanol–water partition coefficient (Wildman–Crippen LogP) is 3.73. The van der Waals surface area contributed by atoms with Crippen molar-refractivity contribution in [1.29, 1.82) is 0 Å². The van der Waals surface area contributed by atoms with Crippen molar-refractivity contribution in [3.05, 3.63) is 36.2 Å². The van der Waals surface area contributed by atoms with Crippen molar-refractivity contribution in [1.82, 2.24) is 14.8 Å². The van der Waals surface area contributed by atoms with Gasteiger partial charge >= 0.3 is 0 Å². The Labute approximate surface area is 132 Å². The molecule has 0 spiro atoms. The normalized spacial score (nSPS) is 21.9. The van der Waals surface area contributed by atoms with E-state index in [1.165, 1.54) is 12.2 Å². The molecular formula is C18H26N4. The smallest absolute Gasteiger partial charge is 0.181 e. The van der Waals surface area contributed by atoms with Crippen LogP contribution in [0.4, 0.5) is 0 Å². The third-order valence-corrected chi connectivity index (χ3v) is 4.59. The Morgan fingerprint density at radius 3 is 2.55 bits per heavy atom. The summed E-state index contributed by atoms with van der Waals surface area (Å²) < 4.78 is 2.15. The zero-order chi connectivity index (χ0) is 15.4. The molecule has 1 aliphatic carbocycles. The standard InChI is InChI=1S/C18H26N4/c1-2-3-13-22-18(15-9-11-16(19)12-10-15)20-17(21-22)14-7-5-4-6-8-14/h4-8,15-16H,2-3,9-13,19H2,1H3. The molecule has 1 aliphatic rings. The summed E-state index contributed by atoms with van der Waals surface area (Å²) in [6, 6.07) is 10.7. The minimum Gasteiger partial charge on any atom is -0.328 e. The molecule has 0 bridgehead atoms. The van der Waals surface area contributed by atoms with Gasteiger partial charge in [-0.3, -0.25) is 0 Å². The van der Waals surface area contributed by atoms with Gasteiger partial charge in [0.2, 0.25) is 0 Å². The van der Waals surface area contributed by atoms with Crippen molar-refractivity contribution in [3.63, 3.8) is 0 Å². The van der Waals surface area contributed by atoms with Crippen LogP contribution in [0.25, 0.3) is 11.4 Å². The first-order chi connectivity index (χ1) is 10.8. The first kappa shape index (κ1) is 15.2. The van der Waals surface area contributed by atoms with E-state index in [1.54, 1.807) is 0 Å². The Bertz CT molecular complexity index is 582. The molecular weight excluding hydrogens is 272 g/mol. The van der Waals surface area contributed by atoms with Gasteiger partial charge in [0.05, 0.1) is 0 Å². The highest BCUT2D eigenvalue weighted by atomic mass is 15.3. The van der Waals surface area contributed by atoms with Gasteiger partial charge in [-0.15, -0.1) is 0 Å². The summed E-state index contributed by atoms with van der Waals surface area (Å²) >= 11 is 0. The maximum atomic E-state index is 6.05. The zero-order valence-electron chi connectivity index (χ0n) is 13.4. The van der Waals surface area contributed by atoms with E-state index < -0.39 is 0 Å². The van der Waals surface area contributed by atoms with Gasteiger partial charge in [0.25, 0.3) is 0 Å². The van der Waals surface area contributed by atoms with Crippen molar-refractivity contribution in [2.75, 3.05) is 0 Å². The van der Waals surface area contributed by atoms with Gasteiger partial charge in [0.15, 0.2) is 5.82 Å². The Morgan fingerprint density at radius 1 is 1.14 bits per heavy atom. The fraction of sp³-hybridized carbons (Fsp3) is 0.556. The van der Waals surface area contributed by atoms with E-state index in [9.17, 15) is 0 Å². The van der Waals surface area contributed by atoms with E-state index in [0.29, 0.717) is 12.0 Å². The first-order valence-electron chi connectivity index (χ1n) is 8.53. The van der Waals surface area contributed by atoms with Crippen LogP contribution >= 0.6 is 0 Å². The maximum absolute atomic E-state index is 6.05. The van der Waals surface area contributed by atoms with E-state index in [4.69, 9.17) is 15.8 Å². The molecule has 0 amide bonds. The first-order valence-corrected chi connectivity index (χ1v) is 8.53. The van der Waals surface area contributed by atoms with Gasteiger partial charge in [-0.2, -0.15) is 5.10 Å². The minimum absolute atomic E-state index is 0.372. The van der Waals surface area contributed by atoms with Crippen LogP contribution in [0.1, 0.15) is 57.2 Å². The van der Waals surface area contributed by atoms with Crippen LogP contribution in [0, 0.1) is 0 Å². The predicted molar refractivity (Wildman–Crippen MR) is 89.6 cm³/mol. The van der Waals surface area contributed by atoms with E-state index in [1.807, 2.05) is 18.2 Å². The summed E-state index contributed by atoms with van der Waals surface area (Å²) in [5.74, 6) is 2.54. The number of aromatic nitrogens is 3. The Morgan fingerprint density at radius 2 is 1.86 bits per heavy atom. The van der Waals surface area contributed by atoms with Gasteiger partial charge in [-0.1, -0.05) is 43.7 Å². The number of hydrogen-bond donors (Lipinski definition) is 1. The zero-order valence-corrected chi connectivity index (χ0v) is 13.4. The van der Waals surface area contributed by atoms with Crippen molar-refractivity contribution in [2.45, 2.75) is 64.0 Å². The Balaban J connectivity index is 1.88. The molecule has 0 saturated heterocycles. The van der Waals surface area contributed by atoms with Gasteiger partial charge in [-0.05, 0) is 32.1 Å². The SMILES string of the molecule is CCCCn1nc(-c2ccccc2)nc1C1CCC(N)CC1. The summed E-state index contributed by atoms with van der Waals surface area (Å²) in [6.45, 7) is 3.18. The molecule has 4 heteroatoms. The molecule has 118 valence electrons. The van der Waals surface area contributed by atoms with E-state index in [2.05, 4.69) is 23.7 Å². The fourth-order valence-electron chi connectivity index (χ4n) is 3.22. The number of aryl methyl sites for hydroxylation is 1. The summed E-state index contributed by atoms with van der Waals surface area (Å²) in [6.07, 6.45) is 6.81. The average molecular weight is 298 g/mol. The lowest BCUT2D eigenvalue weighted by molar-refractivity contribution is 0.369. The molecule has 2 N–H and O–H groups in total. The lowest BCUT2D eigenvalue weighted by atomic mass is 9.86. The van der Waals surface area contributed by atoms with Gasteiger partial charge in [0.1, 0.15) is 5.82 Å². The van der Waals surface area contributed by atoms with Crippen molar-refractivity contribution >= 4 is 0 Å². The summed E-state index contributed by atoms with van der Waals surface area (Å²) in [5.41, 5.74) is 7.15. The average Bonchev–Trinajstić information content (AvgIpc) is 2.98. The molecule has 2 aromatic rings. The lowest BCUT2D eigenvalue weighted by Gasteiger charge is -2.25. The largest absolute Gasteiger partial charge is 0.328 e. The minimum atomic E-state index is 0.372. The molecule has 0 atom stereocenters. The highest BCUT2D eigenvalue weighted by molar-refractivity contribution is 5.54. The molecule has 1 aromatic heterocycles. The molecule has 4 nitrogen and oxygen atoms in total. The molecule has 0 radical (unpaired) electrons. The topological polar surface area (TPSA) is 56.7 Å². The highest BCUT2D eigenvalue weighted by Crippen LogP contribution is 2.32. The second-order valence-corrected chi connectivity index (χ2v) is 6.35. The van der Waals surface area contributed by atoms with Gasteiger partial charge < -0.3 is 5.73 Å². The van der Waals surface area contributed by atoms with E-state index in [0.717, 1.165) is 50.0 Å². The Hall–Kier alpha value is -1.68. The molecule has 3 rings (SSSR count). The Kier molecular flexibility index (Phi) is 4.88. The summed E-state index contributed by atoms with van der Waals surface area (Å²) in [7, 11) is 0. The van der Waals surface area contributed by atoms with Crippen LogP contribution in [0.5, 0.6) is 0 Å². The molecule has 1 saturated carbocycles. The highest BCUT2D eigenvalue weighted by Gasteiger charge is 2.25. The van der Waals surface area contributed by atoms with Crippen LogP contribution in [0.2, 0.25) is 0 Å². The maximum Gasteiger partial charge on any atom is 0.181 e. The van der Waals surface area contributed by atoms with Crippen LogP contribution in [0.3, 0.4) is 0 Å². The van der Waals surface area contributed by atoms with Crippen molar-refractivity contribution in [3.8, 4) is 11.4 Å². The van der Waals surface area contributed by atoms with E-state index in [-0.39, 0.29) is 0 Å². The number of nitrogens with two attached hydrogens (primary N) is 1.